The number of hydrogen-bond donors (Lipinski definition) is 0. The van der Waals surface area contributed by atoms with Crippen LogP contribution in [-0.4, -0.2) is 29.3 Å². The number of nitrogens with zero attached hydrogens (tertiary/aromatic N) is 6. The van der Waals surface area contributed by atoms with Crippen LogP contribution in [0.15, 0.2) is 30.7 Å². The highest BCUT2D eigenvalue weighted by Gasteiger charge is 2.16. The molecule has 0 saturated carbocycles. The van der Waals surface area contributed by atoms with Crippen LogP contribution in [0.1, 0.15) is 49.9 Å². The van der Waals surface area contributed by atoms with Crippen molar-refractivity contribution in [1.82, 2.24) is 29.3 Å². The average molecular weight is 324 g/mol. The minimum atomic E-state index is 0.220. The van der Waals surface area contributed by atoms with Gasteiger partial charge in [0.25, 0.3) is 0 Å². The lowest BCUT2D eigenvalue weighted by Crippen LogP contribution is -2.16. The van der Waals surface area contributed by atoms with E-state index in [0.717, 1.165) is 29.6 Å². The molecule has 0 amide bonds. The van der Waals surface area contributed by atoms with Crippen molar-refractivity contribution in [3.8, 4) is 11.5 Å². The first-order valence-electron chi connectivity index (χ1n) is 8.33. The maximum atomic E-state index is 4.67. The summed E-state index contributed by atoms with van der Waals surface area (Å²) >= 11 is 0. The molecule has 0 aliphatic rings. The van der Waals surface area contributed by atoms with Gasteiger partial charge in [0.2, 0.25) is 0 Å². The van der Waals surface area contributed by atoms with Crippen LogP contribution in [0.5, 0.6) is 0 Å². The molecule has 0 fully saturated rings. The first-order valence-corrected chi connectivity index (χ1v) is 8.33. The van der Waals surface area contributed by atoms with Crippen molar-refractivity contribution in [2.75, 3.05) is 0 Å². The van der Waals surface area contributed by atoms with Gasteiger partial charge in [-0.15, -0.1) is 0 Å². The van der Waals surface area contributed by atoms with E-state index in [0.29, 0.717) is 5.92 Å². The number of imidazole rings is 1. The predicted octanol–water partition coefficient (Wildman–Crippen LogP) is 3.54. The molecule has 0 bridgehead atoms. The Morgan fingerprint density at radius 3 is 2.54 bits per heavy atom. The molecule has 0 spiro atoms. The first kappa shape index (κ1) is 16.4. The van der Waals surface area contributed by atoms with Crippen LogP contribution in [-0.2, 0) is 6.54 Å². The zero-order valence-corrected chi connectivity index (χ0v) is 14.9. The summed E-state index contributed by atoms with van der Waals surface area (Å²) in [4.78, 5) is 13.5. The Kier molecular flexibility index (Phi) is 4.46. The van der Waals surface area contributed by atoms with E-state index in [2.05, 4.69) is 58.4 Å². The molecule has 3 heterocycles. The summed E-state index contributed by atoms with van der Waals surface area (Å²) in [7, 11) is 0. The highest BCUT2D eigenvalue weighted by molar-refractivity contribution is 5.49. The Labute approximate surface area is 142 Å². The molecule has 24 heavy (non-hydrogen) atoms. The molecule has 0 radical (unpaired) electrons. The Morgan fingerprint density at radius 1 is 1.08 bits per heavy atom. The normalized spacial score (nSPS) is 12.8. The number of rotatable bonds is 5. The first-order chi connectivity index (χ1) is 11.5. The lowest BCUT2D eigenvalue weighted by Gasteiger charge is -2.17. The van der Waals surface area contributed by atoms with Gasteiger partial charge in [-0.1, -0.05) is 13.8 Å². The Bertz CT molecular complexity index is 830. The molecule has 0 aromatic carbocycles. The van der Waals surface area contributed by atoms with E-state index in [4.69, 9.17) is 0 Å². The van der Waals surface area contributed by atoms with Crippen LogP contribution in [0, 0.1) is 13.8 Å². The Balaban J connectivity index is 1.90. The fraction of sp³-hybridized carbons (Fsp3) is 0.444. The van der Waals surface area contributed by atoms with Gasteiger partial charge >= 0.3 is 0 Å². The summed E-state index contributed by atoms with van der Waals surface area (Å²) in [5.74, 6) is 2.00. The smallest absolute Gasteiger partial charge is 0.159 e. The fourth-order valence-corrected chi connectivity index (χ4v) is 2.84. The van der Waals surface area contributed by atoms with Crippen molar-refractivity contribution in [3.05, 3.63) is 47.9 Å². The van der Waals surface area contributed by atoms with Gasteiger partial charge in [0.1, 0.15) is 11.5 Å². The molecule has 3 aromatic rings. The molecule has 126 valence electrons. The largest absolute Gasteiger partial charge is 0.325 e. The van der Waals surface area contributed by atoms with Crippen molar-refractivity contribution in [3.63, 3.8) is 0 Å². The summed E-state index contributed by atoms with van der Waals surface area (Å²) in [5, 5.41) is 4.56. The van der Waals surface area contributed by atoms with Gasteiger partial charge in [0.05, 0.1) is 18.3 Å². The molecule has 6 heteroatoms. The molecular formula is C18H24N6. The molecule has 0 saturated heterocycles. The number of aromatic nitrogens is 6. The van der Waals surface area contributed by atoms with E-state index in [-0.39, 0.29) is 6.04 Å². The molecule has 0 aliphatic heterocycles. The zero-order chi connectivity index (χ0) is 17.3. The lowest BCUT2D eigenvalue weighted by molar-refractivity contribution is 0.433. The van der Waals surface area contributed by atoms with Crippen molar-refractivity contribution in [1.29, 1.82) is 0 Å². The van der Waals surface area contributed by atoms with E-state index in [1.54, 1.807) is 0 Å². The quantitative estimate of drug-likeness (QED) is 0.720. The van der Waals surface area contributed by atoms with Gasteiger partial charge in [0, 0.05) is 30.2 Å². The molecule has 1 atom stereocenters. The zero-order valence-electron chi connectivity index (χ0n) is 14.9. The highest BCUT2D eigenvalue weighted by Crippen LogP contribution is 2.22. The van der Waals surface area contributed by atoms with Crippen molar-refractivity contribution in [2.45, 2.75) is 53.1 Å². The predicted molar refractivity (Wildman–Crippen MR) is 93.8 cm³/mol. The standard InChI is InChI=1S/C18H24N6/c1-12(2)17-19-7-6-16(21-17)18-20-8-9-23(18)15(5)11-24-14(4)10-13(3)22-24/h6-10,12,15H,11H2,1-5H3. The minimum absolute atomic E-state index is 0.220. The van der Waals surface area contributed by atoms with Crippen molar-refractivity contribution in [2.24, 2.45) is 0 Å². The van der Waals surface area contributed by atoms with E-state index in [1.165, 1.54) is 5.69 Å². The van der Waals surface area contributed by atoms with Gasteiger partial charge in [0.15, 0.2) is 5.82 Å². The summed E-state index contributed by atoms with van der Waals surface area (Å²) in [5.41, 5.74) is 3.08. The summed E-state index contributed by atoms with van der Waals surface area (Å²) < 4.78 is 4.20. The second-order valence-corrected chi connectivity index (χ2v) is 6.57. The van der Waals surface area contributed by atoms with Gasteiger partial charge < -0.3 is 4.57 Å². The molecule has 1 unspecified atom stereocenters. The molecule has 0 N–H and O–H groups in total. The number of hydrogen-bond acceptors (Lipinski definition) is 4. The van der Waals surface area contributed by atoms with Crippen LogP contribution in [0.4, 0.5) is 0 Å². The molecule has 0 aliphatic carbocycles. The number of aryl methyl sites for hydroxylation is 2. The lowest BCUT2D eigenvalue weighted by atomic mass is 10.2. The third-order valence-corrected chi connectivity index (χ3v) is 4.10. The van der Waals surface area contributed by atoms with E-state index < -0.39 is 0 Å². The maximum Gasteiger partial charge on any atom is 0.159 e. The van der Waals surface area contributed by atoms with Gasteiger partial charge in [-0.3, -0.25) is 4.68 Å². The highest BCUT2D eigenvalue weighted by atomic mass is 15.3. The molecule has 6 nitrogen and oxygen atoms in total. The molecule has 3 rings (SSSR count). The van der Waals surface area contributed by atoms with Crippen molar-refractivity contribution >= 4 is 0 Å². The van der Waals surface area contributed by atoms with Crippen LogP contribution < -0.4 is 0 Å². The topological polar surface area (TPSA) is 61.4 Å². The van der Waals surface area contributed by atoms with Crippen LogP contribution >= 0.6 is 0 Å². The van der Waals surface area contributed by atoms with Crippen molar-refractivity contribution < 1.29 is 0 Å². The maximum absolute atomic E-state index is 4.67. The van der Waals surface area contributed by atoms with E-state index >= 15 is 0 Å². The van der Waals surface area contributed by atoms with Crippen LogP contribution in [0.25, 0.3) is 11.5 Å². The minimum Gasteiger partial charge on any atom is -0.325 e. The van der Waals surface area contributed by atoms with Gasteiger partial charge in [-0.25, -0.2) is 15.0 Å². The van der Waals surface area contributed by atoms with Crippen LogP contribution in [0.3, 0.4) is 0 Å². The summed E-state index contributed by atoms with van der Waals surface area (Å²) in [6, 6.07) is 4.24. The van der Waals surface area contributed by atoms with Gasteiger partial charge in [-0.2, -0.15) is 5.10 Å². The SMILES string of the molecule is Cc1cc(C)n(CC(C)n2ccnc2-c2ccnc(C(C)C)n2)n1. The monoisotopic (exact) mass is 324 g/mol. The Morgan fingerprint density at radius 2 is 1.88 bits per heavy atom. The summed E-state index contributed by atoms with van der Waals surface area (Å²) in [6.45, 7) is 11.3. The van der Waals surface area contributed by atoms with Gasteiger partial charge in [-0.05, 0) is 32.9 Å². The second-order valence-electron chi connectivity index (χ2n) is 6.57. The molecule has 3 aromatic heterocycles. The average Bonchev–Trinajstić information content (AvgIpc) is 3.14. The summed E-state index contributed by atoms with van der Waals surface area (Å²) in [6.07, 6.45) is 5.63. The second kappa shape index (κ2) is 6.55. The third kappa shape index (κ3) is 3.22. The third-order valence-electron chi connectivity index (χ3n) is 4.10. The van der Waals surface area contributed by atoms with Crippen LogP contribution in [0.2, 0.25) is 0 Å². The Hall–Kier alpha value is -2.50. The van der Waals surface area contributed by atoms with E-state index in [1.807, 2.05) is 36.3 Å². The van der Waals surface area contributed by atoms with E-state index in [9.17, 15) is 0 Å². The molecular weight excluding hydrogens is 300 g/mol. The fourth-order valence-electron chi connectivity index (χ4n) is 2.84.